The number of hydrogen-bond acceptors (Lipinski definition) is 8. The molecule has 0 aliphatic carbocycles. The summed E-state index contributed by atoms with van der Waals surface area (Å²) in [6, 6.07) is 18.7. The van der Waals surface area contributed by atoms with E-state index >= 15 is 0 Å². The highest BCUT2D eigenvalue weighted by Crippen LogP contribution is 2.20. The molecule has 0 saturated heterocycles. The van der Waals surface area contributed by atoms with Crippen LogP contribution in [0.2, 0.25) is 0 Å². The summed E-state index contributed by atoms with van der Waals surface area (Å²) in [5, 5.41) is 0. The third-order valence-corrected chi connectivity index (χ3v) is 4.25. The first kappa shape index (κ1) is 23.1. The van der Waals surface area contributed by atoms with Crippen LogP contribution in [0.4, 0.5) is 0 Å². The molecule has 0 N–H and O–H groups in total. The predicted molar refractivity (Wildman–Crippen MR) is 118 cm³/mol. The Morgan fingerprint density at radius 3 is 1.58 bits per heavy atom. The molecule has 3 rings (SSSR count). The van der Waals surface area contributed by atoms with Gasteiger partial charge < -0.3 is 23.7 Å². The van der Waals surface area contributed by atoms with Crippen LogP contribution in [0, 0.1) is 0 Å². The van der Waals surface area contributed by atoms with Gasteiger partial charge in [-0.15, -0.1) is 0 Å². The highest BCUT2D eigenvalue weighted by molar-refractivity contribution is 5.92. The minimum absolute atomic E-state index is 0.262. The Morgan fingerprint density at radius 2 is 1.12 bits per heavy atom. The van der Waals surface area contributed by atoms with Crippen LogP contribution in [-0.2, 0) is 9.53 Å². The van der Waals surface area contributed by atoms with Crippen molar-refractivity contribution in [3.8, 4) is 23.0 Å². The predicted octanol–water partition coefficient (Wildman–Crippen LogP) is 4.20. The van der Waals surface area contributed by atoms with Gasteiger partial charge in [-0.25, -0.2) is 14.4 Å². The first-order valence-corrected chi connectivity index (χ1v) is 9.69. The van der Waals surface area contributed by atoms with Crippen molar-refractivity contribution in [1.29, 1.82) is 0 Å². The summed E-state index contributed by atoms with van der Waals surface area (Å²) in [5.41, 5.74) is 0.581. The topological polar surface area (TPSA) is 97.4 Å². The van der Waals surface area contributed by atoms with Crippen molar-refractivity contribution in [2.75, 3.05) is 13.9 Å². The van der Waals surface area contributed by atoms with Gasteiger partial charge in [0.25, 0.3) is 0 Å². The van der Waals surface area contributed by atoms with E-state index in [2.05, 4.69) is 6.58 Å². The maximum Gasteiger partial charge on any atom is 0.343 e. The van der Waals surface area contributed by atoms with E-state index in [9.17, 15) is 14.4 Å². The van der Waals surface area contributed by atoms with Crippen LogP contribution in [0.3, 0.4) is 0 Å². The minimum Gasteiger partial charge on any atom is -0.497 e. The van der Waals surface area contributed by atoms with Crippen LogP contribution in [-0.4, -0.2) is 31.8 Å². The van der Waals surface area contributed by atoms with Gasteiger partial charge in [-0.1, -0.05) is 6.58 Å². The lowest BCUT2D eigenvalue weighted by molar-refractivity contribution is -0.144. The summed E-state index contributed by atoms with van der Waals surface area (Å²) in [6.45, 7) is 3.00. The third-order valence-electron chi connectivity index (χ3n) is 4.25. The van der Waals surface area contributed by atoms with Crippen LogP contribution in [0.5, 0.6) is 23.0 Å². The Kier molecular flexibility index (Phi) is 7.80. The SMILES string of the molecule is C=CC(=O)OCOc1ccc(C(=O)Oc2ccc(C(=O)Oc3ccc(OC)cc3)cc2)cc1. The van der Waals surface area contributed by atoms with Crippen LogP contribution < -0.4 is 18.9 Å². The number of benzene rings is 3. The zero-order chi connectivity index (χ0) is 23.6. The van der Waals surface area contributed by atoms with Crippen molar-refractivity contribution in [1.82, 2.24) is 0 Å². The standard InChI is InChI=1S/C25H20O8/c1-3-23(26)31-16-30-20-8-4-17(5-9-20)24(27)32-21-10-6-18(7-11-21)25(28)33-22-14-12-19(29-2)13-15-22/h3-15H,1,16H2,2H3. The molecule has 3 aromatic rings. The van der Waals surface area contributed by atoms with Crippen molar-refractivity contribution in [2.45, 2.75) is 0 Å². The lowest BCUT2D eigenvalue weighted by Crippen LogP contribution is -2.10. The molecular formula is C25H20O8. The van der Waals surface area contributed by atoms with Gasteiger partial charge in [0.15, 0.2) is 0 Å². The Hall–Kier alpha value is -4.59. The number of carbonyl (C=O) groups is 3. The smallest absolute Gasteiger partial charge is 0.343 e. The molecule has 0 unspecified atom stereocenters. The molecule has 33 heavy (non-hydrogen) atoms. The van der Waals surface area contributed by atoms with Crippen molar-refractivity contribution >= 4 is 17.9 Å². The summed E-state index contributed by atoms with van der Waals surface area (Å²) < 4.78 is 25.6. The van der Waals surface area contributed by atoms with Gasteiger partial charge in [0.05, 0.1) is 18.2 Å². The second kappa shape index (κ2) is 11.1. The van der Waals surface area contributed by atoms with Crippen molar-refractivity contribution in [3.05, 3.63) is 96.6 Å². The number of methoxy groups -OCH3 is 1. The minimum atomic E-state index is -0.602. The van der Waals surface area contributed by atoms with Crippen LogP contribution >= 0.6 is 0 Å². The Bertz CT molecular complexity index is 1120. The largest absolute Gasteiger partial charge is 0.497 e. The molecule has 8 heteroatoms. The van der Waals surface area contributed by atoms with Gasteiger partial charge in [0.1, 0.15) is 23.0 Å². The number of ether oxygens (including phenoxy) is 5. The number of carbonyl (C=O) groups excluding carboxylic acids is 3. The number of hydrogen-bond donors (Lipinski definition) is 0. The van der Waals surface area contributed by atoms with Gasteiger partial charge >= 0.3 is 17.9 Å². The van der Waals surface area contributed by atoms with Crippen LogP contribution in [0.15, 0.2) is 85.5 Å². The fourth-order valence-corrected chi connectivity index (χ4v) is 2.54. The third kappa shape index (κ3) is 6.70. The lowest BCUT2D eigenvalue weighted by atomic mass is 10.2. The number of esters is 3. The van der Waals surface area contributed by atoms with Crippen LogP contribution in [0.1, 0.15) is 20.7 Å². The average Bonchev–Trinajstić information content (AvgIpc) is 2.85. The molecule has 168 valence electrons. The lowest BCUT2D eigenvalue weighted by Gasteiger charge is -2.08. The van der Waals surface area contributed by atoms with E-state index in [-0.39, 0.29) is 18.1 Å². The van der Waals surface area contributed by atoms with Gasteiger partial charge in [-0.05, 0) is 72.8 Å². The summed E-state index contributed by atoms with van der Waals surface area (Å²) >= 11 is 0. The molecule has 0 amide bonds. The molecule has 0 atom stereocenters. The van der Waals surface area contributed by atoms with E-state index in [1.165, 1.54) is 48.5 Å². The molecule has 0 aromatic heterocycles. The van der Waals surface area contributed by atoms with Crippen molar-refractivity contribution in [2.24, 2.45) is 0 Å². The zero-order valence-electron chi connectivity index (χ0n) is 17.7. The van der Waals surface area contributed by atoms with E-state index in [4.69, 9.17) is 23.7 Å². The average molecular weight is 448 g/mol. The van der Waals surface area contributed by atoms with Gasteiger partial charge in [0, 0.05) is 6.08 Å². The van der Waals surface area contributed by atoms with Gasteiger partial charge in [0.2, 0.25) is 6.79 Å². The number of rotatable bonds is 9. The first-order valence-electron chi connectivity index (χ1n) is 9.69. The second-order valence-corrected chi connectivity index (χ2v) is 6.43. The van der Waals surface area contributed by atoms with E-state index in [0.717, 1.165) is 6.08 Å². The first-order chi connectivity index (χ1) is 16.0. The van der Waals surface area contributed by atoms with E-state index < -0.39 is 17.9 Å². The molecule has 0 saturated carbocycles. The fourth-order valence-electron chi connectivity index (χ4n) is 2.54. The van der Waals surface area contributed by atoms with Crippen molar-refractivity contribution < 1.29 is 38.1 Å². The molecule has 0 heterocycles. The van der Waals surface area contributed by atoms with Crippen molar-refractivity contribution in [3.63, 3.8) is 0 Å². The maximum absolute atomic E-state index is 12.3. The van der Waals surface area contributed by atoms with E-state index in [0.29, 0.717) is 22.8 Å². The van der Waals surface area contributed by atoms with Crippen LogP contribution in [0.25, 0.3) is 0 Å². The highest BCUT2D eigenvalue weighted by atomic mass is 16.7. The highest BCUT2D eigenvalue weighted by Gasteiger charge is 2.12. The van der Waals surface area contributed by atoms with Gasteiger partial charge in [-0.3, -0.25) is 0 Å². The molecule has 0 aliphatic rings. The Labute approximate surface area is 189 Å². The molecule has 0 fully saturated rings. The summed E-state index contributed by atoms with van der Waals surface area (Å²) in [5.74, 6) is -0.0450. The zero-order valence-corrected chi connectivity index (χ0v) is 17.7. The Morgan fingerprint density at radius 1 is 0.697 bits per heavy atom. The molecule has 0 spiro atoms. The summed E-state index contributed by atoms with van der Waals surface area (Å²) in [6.07, 6.45) is 1.03. The fraction of sp³-hybridized carbons (Fsp3) is 0.0800. The second-order valence-electron chi connectivity index (χ2n) is 6.43. The molecule has 0 bridgehead atoms. The quantitative estimate of drug-likeness (QED) is 0.208. The summed E-state index contributed by atoms with van der Waals surface area (Å²) in [4.78, 5) is 35.6. The van der Waals surface area contributed by atoms with E-state index in [1.807, 2.05) is 0 Å². The normalized spacial score (nSPS) is 9.97. The maximum atomic E-state index is 12.3. The Balaban J connectivity index is 1.53. The monoisotopic (exact) mass is 448 g/mol. The molecular weight excluding hydrogens is 428 g/mol. The molecule has 8 nitrogen and oxygen atoms in total. The molecule has 0 radical (unpaired) electrons. The summed E-state index contributed by atoms with van der Waals surface area (Å²) in [7, 11) is 1.55. The van der Waals surface area contributed by atoms with Gasteiger partial charge in [-0.2, -0.15) is 0 Å². The molecule has 3 aromatic carbocycles. The molecule has 0 aliphatic heterocycles. The van der Waals surface area contributed by atoms with E-state index in [1.54, 1.807) is 31.4 Å².